The van der Waals surface area contributed by atoms with Crippen molar-refractivity contribution in [2.24, 2.45) is 0 Å². The third-order valence-corrected chi connectivity index (χ3v) is 3.51. The van der Waals surface area contributed by atoms with Crippen LogP contribution in [-0.4, -0.2) is 41.9 Å². The fourth-order valence-electron chi connectivity index (χ4n) is 1.40. The number of carbonyl (C=O) groups excluding carboxylic acids is 1. The van der Waals surface area contributed by atoms with Crippen LogP contribution in [0.2, 0.25) is 0 Å². The number of thioether (sulfide) groups is 1. The van der Waals surface area contributed by atoms with Gasteiger partial charge in [-0.05, 0) is 24.3 Å². The largest absolute Gasteiger partial charge is 0.395 e. The molecule has 0 heterocycles. The van der Waals surface area contributed by atoms with Crippen molar-refractivity contribution >= 4 is 17.7 Å². The summed E-state index contributed by atoms with van der Waals surface area (Å²) in [7, 11) is 1.73. The zero-order chi connectivity index (χ0) is 12.5. The number of aliphatic hydroxyl groups excluding tert-OH is 1. The van der Waals surface area contributed by atoms with Crippen molar-refractivity contribution in [1.29, 1.82) is 0 Å². The topological polar surface area (TPSA) is 40.5 Å². The van der Waals surface area contributed by atoms with Gasteiger partial charge in [0.1, 0.15) is 0 Å². The molecule has 0 saturated heterocycles. The van der Waals surface area contributed by atoms with Crippen molar-refractivity contribution in [3.05, 3.63) is 30.3 Å². The highest BCUT2D eigenvalue weighted by Gasteiger charge is 2.06. The van der Waals surface area contributed by atoms with E-state index in [1.165, 1.54) is 4.90 Å². The first-order valence-corrected chi connectivity index (χ1v) is 6.75. The lowest BCUT2D eigenvalue weighted by atomic mass is 10.3. The van der Waals surface area contributed by atoms with Crippen LogP contribution in [0.15, 0.2) is 35.2 Å². The molecule has 3 nitrogen and oxygen atoms in total. The van der Waals surface area contributed by atoms with E-state index in [1.807, 2.05) is 18.2 Å². The van der Waals surface area contributed by atoms with Crippen LogP contribution < -0.4 is 0 Å². The third kappa shape index (κ3) is 5.75. The Balaban J connectivity index is 2.14. The van der Waals surface area contributed by atoms with E-state index in [4.69, 9.17) is 5.11 Å². The van der Waals surface area contributed by atoms with Gasteiger partial charge in [0.2, 0.25) is 5.91 Å². The zero-order valence-electron chi connectivity index (χ0n) is 10.1. The summed E-state index contributed by atoms with van der Waals surface area (Å²) in [5.41, 5.74) is 0. The molecule has 1 rings (SSSR count). The molecule has 0 spiro atoms. The first-order chi connectivity index (χ1) is 8.24. The van der Waals surface area contributed by atoms with Crippen LogP contribution in [0.4, 0.5) is 0 Å². The van der Waals surface area contributed by atoms with Crippen molar-refractivity contribution in [1.82, 2.24) is 4.90 Å². The molecule has 0 fully saturated rings. The second kappa shape index (κ2) is 8.14. The van der Waals surface area contributed by atoms with Crippen LogP contribution in [0.3, 0.4) is 0 Å². The highest BCUT2D eigenvalue weighted by atomic mass is 32.2. The number of amides is 1. The van der Waals surface area contributed by atoms with E-state index in [1.54, 1.807) is 23.7 Å². The molecule has 1 amide bonds. The van der Waals surface area contributed by atoms with Crippen molar-refractivity contribution in [2.75, 3.05) is 26.0 Å². The summed E-state index contributed by atoms with van der Waals surface area (Å²) in [6, 6.07) is 10.2. The maximum atomic E-state index is 11.5. The van der Waals surface area contributed by atoms with Gasteiger partial charge in [0.15, 0.2) is 0 Å². The van der Waals surface area contributed by atoms with Crippen LogP contribution >= 0.6 is 11.8 Å². The Kier molecular flexibility index (Phi) is 6.74. The Bertz CT molecular complexity index is 329. The molecule has 4 heteroatoms. The molecule has 1 aromatic carbocycles. The van der Waals surface area contributed by atoms with Gasteiger partial charge < -0.3 is 10.0 Å². The average Bonchev–Trinajstić information content (AvgIpc) is 2.36. The molecule has 17 heavy (non-hydrogen) atoms. The summed E-state index contributed by atoms with van der Waals surface area (Å²) in [6.45, 7) is 0.450. The lowest BCUT2D eigenvalue weighted by Gasteiger charge is -2.15. The van der Waals surface area contributed by atoms with Crippen molar-refractivity contribution in [2.45, 2.75) is 17.7 Å². The molecular formula is C13H19NO2S. The standard InChI is InChI=1S/C13H19NO2S/c1-14(9-10-15)13(16)8-5-11-17-12-6-3-2-4-7-12/h2-4,6-7,15H,5,8-11H2,1H3. The van der Waals surface area contributed by atoms with Gasteiger partial charge >= 0.3 is 0 Å². The molecule has 0 aliphatic carbocycles. The summed E-state index contributed by atoms with van der Waals surface area (Å²) >= 11 is 1.77. The van der Waals surface area contributed by atoms with Crippen molar-refractivity contribution in [3.63, 3.8) is 0 Å². The first-order valence-electron chi connectivity index (χ1n) is 5.76. The molecule has 94 valence electrons. The smallest absolute Gasteiger partial charge is 0.222 e. The molecule has 0 unspecified atom stereocenters. The predicted molar refractivity (Wildman–Crippen MR) is 71.1 cm³/mol. The van der Waals surface area contributed by atoms with Crippen LogP contribution in [0.1, 0.15) is 12.8 Å². The third-order valence-electron chi connectivity index (χ3n) is 2.41. The Morgan fingerprint density at radius 3 is 2.71 bits per heavy atom. The second-order valence-corrected chi connectivity index (χ2v) is 4.97. The molecule has 0 aliphatic heterocycles. The molecule has 0 radical (unpaired) electrons. The Labute approximate surface area is 107 Å². The van der Waals surface area contributed by atoms with E-state index in [2.05, 4.69) is 12.1 Å². The van der Waals surface area contributed by atoms with E-state index >= 15 is 0 Å². The Morgan fingerprint density at radius 1 is 1.35 bits per heavy atom. The van der Waals surface area contributed by atoms with Gasteiger partial charge in [-0.1, -0.05) is 18.2 Å². The highest BCUT2D eigenvalue weighted by Crippen LogP contribution is 2.18. The maximum absolute atomic E-state index is 11.5. The molecule has 0 atom stereocenters. The summed E-state index contributed by atoms with van der Waals surface area (Å²) in [6.07, 6.45) is 1.42. The lowest BCUT2D eigenvalue weighted by Crippen LogP contribution is -2.29. The van der Waals surface area contributed by atoms with E-state index in [0.29, 0.717) is 13.0 Å². The van der Waals surface area contributed by atoms with Gasteiger partial charge in [0.05, 0.1) is 6.61 Å². The summed E-state index contributed by atoms with van der Waals surface area (Å²) in [5, 5.41) is 8.71. The summed E-state index contributed by atoms with van der Waals surface area (Å²) in [4.78, 5) is 14.4. The molecule has 0 saturated carbocycles. The van der Waals surface area contributed by atoms with E-state index in [9.17, 15) is 4.79 Å². The minimum atomic E-state index is 0.0288. The number of aliphatic hydroxyl groups is 1. The van der Waals surface area contributed by atoms with Crippen molar-refractivity contribution < 1.29 is 9.90 Å². The SMILES string of the molecule is CN(CCO)C(=O)CCCSc1ccccc1. The molecule has 0 aliphatic rings. The molecule has 0 bridgehead atoms. The predicted octanol–water partition coefficient (Wildman–Crippen LogP) is 2.01. The molecule has 0 aromatic heterocycles. The van der Waals surface area contributed by atoms with Gasteiger partial charge in [-0.2, -0.15) is 0 Å². The molecule has 1 aromatic rings. The Morgan fingerprint density at radius 2 is 2.06 bits per heavy atom. The normalized spacial score (nSPS) is 10.2. The summed E-state index contributed by atoms with van der Waals surface area (Å²) in [5.74, 6) is 1.05. The number of hydrogen-bond donors (Lipinski definition) is 1. The van der Waals surface area contributed by atoms with E-state index in [-0.39, 0.29) is 12.5 Å². The average molecular weight is 253 g/mol. The number of likely N-dealkylation sites (N-methyl/N-ethyl adjacent to an activating group) is 1. The van der Waals surface area contributed by atoms with Crippen LogP contribution in [0, 0.1) is 0 Å². The summed E-state index contributed by atoms with van der Waals surface area (Å²) < 4.78 is 0. The fourth-order valence-corrected chi connectivity index (χ4v) is 2.27. The van der Waals surface area contributed by atoms with E-state index < -0.39 is 0 Å². The van der Waals surface area contributed by atoms with Gasteiger partial charge in [0, 0.05) is 24.9 Å². The van der Waals surface area contributed by atoms with Gasteiger partial charge in [-0.25, -0.2) is 0 Å². The van der Waals surface area contributed by atoms with Crippen LogP contribution in [0.5, 0.6) is 0 Å². The highest BCUT2D eigenvalue weighted by molar-refractivity contribution is 7.99. The van der Waals surface area contributed by atoms with Crippen LogP contribution in [-0.2, 0) is 4.79 Å². The first kappa shape index (κ1) is 14.1. The Hall–Kier alpha value is -1.00. The van der Waals surface area contributed by atoms with Gasteiger partial charge in [0.25, 0.3) is 0 Å². The van der Waals surface area contributed by atoms with Crippen LogP contribution in [0.25, 0.3) is 0 Å². The fraction of sp³-hybridized carbons (Fsp3) is 0.462. The number of hydrogen-bond acceptors (Lipinski definition) is 3. The quantitative estimate of drug-likeness (QED) is 0.597. The number of nitrogens with zero attached hydrogens (tertiary/aromatic N) is 1. The zero-order valence-corrected chi connectivity index (χ0v) is 10.9. The minimum Gasteiger partial charge on any atom is -0.395 e. The second-order valence-electron chi connectivity index (χ2n) is 3.80. The van der Waals surface area contributed by atoms with Gasteiger partial charge in [-0.15, -0.1) is 11.8 Å². The molecule has 1 N–H and O–H groups in total. The molecular weight excluding hydrogens is 234 g/mol. The number of carbonyl (C=O) groups is 1. The lowest BCUT2D eigenvalue weighted by molar-refractivity contribution is -0.130. The number of rotatable bonds is 7. The van der Waals surface area contributed by atoms with Crippen molar-refractivity contribution in [3.8, 4) is 0 Å². The maximum Gasteiger partial charge on any atom is 0.222 e. The minimum absolute atomic E-state index is 0.0288. The van der Waals surface area contributed by atoms with E-state index in [0.717, 1.165) is 12.2 Å². The van der Waals surface area contributed by atoms with Gasteiger partial charge in [-0.3, -0.25) is 4.79 Å². The number of benzene rings is 1. The monoisotopic (exact) mass is 253 g/mol.